The van der Waals surface area contributed by atoms with E-state index >= 15 is 0 Å². The first-order chi connectivity index (χ1) is 8.94. The fourth-order valence-electron chi connectivity index (χ4n) is 2.30. The number of hydrogen-bond acceptors (Lipinski definition) is 3. The van der Waals surface area contributed by atoms with E-state index in [-0.39, 0.29) is 17.0 Å². The number of nitrogens with one attached hydrogen (secondary N) is 1. The molecule has 0 bridgehead atoms. The van der Waals surface area contributed by atoms with Crippen LogP contribution >= 0.6 is 15.9 Å². The number of hydrogen-bond donors (Lipinski definition) is 1. The molecule has 4 nitrogen and oxygen atoms in total. The fourth-order valence-corrected chi connectivity index (χ4v) is 3.99. The molecule has 1 saturated carbocycles. The summed E-state index contributed by atoms with van der Waals surface area (Å²) in [6, 6.07) is 3.59. The van der Waals surface area contributed by atoms with Crippen LogP contribution in [0.5, 0.6) is 0 Å². The summed E-state index contributed by atoms with van der Waals surface area (Å²) in [6.45, 7) is 0. The summed E-state index contributed by atoms with van der Waals surface area (Å²) in [7, 11) is -2.31. The maximum absolute atomic E-state index is 13.7. The highest BCUT2D eigenvalue weighted by molar-refractivity contribution is 9.10. The standard InChI is InChI=1S/C12H15BrFNO3S/c1-18-11-4-2-3-10(11)15-19(16,17)12-6-5-8(13)7-9(12)14/h5-7,10-11,15H,2-4H2,1H3. The van der Waals surface area contributed by atoms with Crippen molar-refractivity contribution in [2.45, 2.75) is 36.3 Å². The second-order valence-corrected chi connectivity index (χ2v) is 7.11. The molecule has 106 valence electrons. The third-order valence-corrected chi connectivity index (χ3v) is 5.26. The lowest BCUT2D eigenvalue weighted by Crippen LogP contribution is -2.40. The van der Waals surface area contributed by atoms with E-state index < -0.39 is 15.8 Å². The van der Waals surface area contributed by atoms with Crippen molar-refractivity contribution in [3.05, 3.63) is 28.5 Å². The Labute approximate surface area is 120 Å². The maximum atomic E-state index is 13.7. The second kappa shape index (κ2) is 5.87. The summed E-state index contributed by atoms with van der Waals surface area (Å²) in [5, 5.41) is 0. The number of sulfonamides is 1. The Balaban J connectivity index is 2.23. The van der Waals surface area contributed by atoms with E-state index in [9.17, 15) is 12.8 Å². The highest BCUT2D eigenvalue weighted by Gasteiger charge is 2.32. The Bertz CT molecular complexity index is 564. The van der Waals surface area contributed by atoms with Crippen molar-refractivity contribution in [1.82, 2.24) is 4.72 Å². The first-order valence-corrected chi connectivity index (χ1v) is 8.22. The first-order valence-electron chi connectivity index (χ1n) is 5.94. The van der Waals surface area contributed by atoms with Crippen LogP contribution in [-0.2, 0) is 14.8 Å². The van der Waals surface area contributed by atoms with E-state index in [2.05, 4.69) is 20.7 Å². The average Bonchev–Trinajstić information content (AvgIpc) is 2.74. The van der Waals surface area contributed by atoms with Crippen LogP contribution in [0.1, 0.15) is 19.3 Å². The van der Waals surface area contributed by atoms with Gasteiger partial charge in [-0.15, -0.1) is 0 Å². The molecule has 1 aliphatic rings. The fraction of sp³-hybridized carbons (Fsp3) is 0.500. The molecule has 2 unspecified atom stereocenters. The highest BCUT2D eigenvalue weighted by Crippen LogP contribution is 2.25. The van der Waals surface area contributed by atoms with E-state index in [0.717, 1.165) is 18.9 Å². The Morgan fingerprint density at radius 3 is 2.79 bits per heavy atom. The van der Waals surface area contributed by atoms with Gasteiger partial charge in [-0.2, -0.15) is 0 Å². The van der Waals surface area contributed by atoms with Gasteiger partial charge in [-0.05, 0) is 37.5 Å². The molecule has 1 fully saturated rings. The molecular weight excluding hydrogens is 337 g/mol. The quantitative estimate of drug-likeness (QED) is 0.906. The molecular formula is C12H15BrFNO3S. The third-order valence-electron chi connectivity index (χ3n) is 3.25. The number of rotatable bonds is 4. The van der Waals surface area contributed by atoms with E-state index in [1.54, 1.807) is 7.11 Å². The van der Waals surface area contributed by atoms with Gasteiger partial charge in [-0.3, -0.25) is 0 Å². The van der Waals surface area contributed by atoms with Crippen LogP contribution in [0.15, 0.2) is 27.6 Å². The van der Waals surface area contributed by atoms with Crippen LogP contribution < -0.4 is 4.72 Å². The van der Waals surface area contributed by atoms with Crippen molar-refractivity contribution in [1.29, 1.82) is 0 Å². The van der Waals surface area contributed by atoms with Crippen LogP contribution in [-0.4, -0.2) is 27.7 Å². The summed E-state index contributed by atoms with van der Waals surface area (Å²) < 4.78 is 46.3. The van der Waals surface area contributed by atoms with Crippen molar-refractivity contribution in [2.75, 3.05) is 7.11 Å². The minimum atomic E-state index is -3.86. The van der Waals surface area contributed by atoms with Crippen LogP contribution in [0.3, 0.4) is 0 Å². The van der Waals surface area contributed by atoms with Crippen molar-refractivity contribution < 1.29 is 17.5 Å². The predicted molar refractivity (Wildman–Crippen MR) is 72.9 cm³/mol. The Kier molecular flexibility index (Phi) is 4.60. The second-order valence-electron chi connectivity index (χ2n) is 4.51. The molecule has 0 heterocycles. The molecule has 0 aliphatic heterocycles. The maximum Gasteiger partial charge on any atom is 0.243 e. The van der Waals surface area contributed by atoms with Gasteiger partial charge in [0.25, 0.3) is 0 Å². The molecule has 0 saturated heterocycles. The smallest absolute Gasteiger partial charge is 0.243 e. The molecule has 2 rings (SSSR count). The van der Waals surface area contributed by atoms with E-state index in [0.29, 0.717) is 10.9 Å². The van der Waals surface area contributed by atoms with Crippen LogP contribution in [0.2, 0.25) is 0 Å². The van der Waals surface area contributed by atoms with Crippen LogP contribution in [0, 0.1) is 5.82 Å². The zero-order valence-corrected chi connectivity index (χ0v) is 12.8. The number of ether oxygens (including phenoxy) is 1. The monoisotopic (exact) mass is 351 g/mol. The molecule has 1 N–H and O–H groups in total. The summed E-state index contributed by atoms with van der Waals surface area (Å²) in [5.74, 6) is -0.770. The van der Waals surface area contributed by atoms with Gasteiger partial charge in [-0.25, -0.2) is 17.5 Å². The SMILES string of the molecule is COC1CCCC1NS(=O)(=O)c1ccc(Br)cc1F. The molecule has 0 spiro atoms. The molecule has 1 aliphatic carbocycles. The van der Waals surface area contributed by atoms with Crippen molar-refractivity contribution >= 4 is 26.0 Å². The molecule has 7 heteroatoms. The van der Waals surface area contributed by atoms with E-state index in [1.807, 2.05) is 0 Å². The summed E-state index contributed by atoms with van der Waals surface area (Å²) in [6.07, 6.45) is 2.27. The first kappa shape index (κ1) is 14.9. The lowest BCUT2D eigenvalue weighted by molar-refractivity contribution is 0.0916. The molecule has 0 amide bonds. The largest absolute Gasteiger partial charge is 0.380 e. The molecule has 1 aromatic carbocycles. The number of methoxy groups -OCH3 is 1. The summed E-state index contributed by atoms with van der Waals surface area (Å²) in [4.78, 5) is -0.336. The zero-order chi connectivity index (χ0) is 14.0. The predicted octanol–water partition coefficient (Wildman–Crippen LogP) is 2.43. The molecule has 0 radical (unpaired) electrons. The van der Waals surface area contributed by atoms with Crippen molar-refractivity contribution in [3.63, 3.8) is 0 Å². The normalized spacial score (nSPS) is 23.7. The van der Waals surface area contributed by atoms with Gasteiger partial charge in [0.15, 0.2) is 0 Å². The Morgan fingerprint density at radius 2 is 2.16 bits per heavy atom. The minimum absolute atomic E-state index is 0.145. The van der Waals surface area contributed by atoms with Crippen LogP contribution in [0.25, 0.3) is 0 Å². The lowest BCUT2D eigenvalue weighted by Gasteiger charge is -2.19. The van der Waals surface area contributed by atoms with Gasteiger partial charge in [-0.1, -0.05) is 15.9 Å². The Morgan fingerprint density at radius 1 is 1.42 bits per heavy atom. The van der Waals surface area contributed by atoms with Gasteiger partial charge in [0.2, 0.25) is 10.0 Å². The lowest BCUT2D eigenvalue weighted by atomic mass is 10.2. The van der Waals surface area contributed by atoms with Gasteiger partial charge < -0.3 is 4.74 Å². The van der Waals surface area contributed by atoms with E-state index in [4.69, 9.17) is 4.74 Å². The zero-order valence-electron chi connectivity index (χ0n) is 10.4. The molecule has 0 aromatic heterocycles. The third kappa shape index (κ3) is 3.34. The van der Waals surface area contributed by atoms with E-state index in [1.165, 1.54) is 12.1 Å². The highest BCUT2D eigenvalue weighted by atomic mass is 79.9. The summed E-state index contributed by atoms with van der Waals surface area (Å²) in [5.41, 5.74) is 0. The van der Waals surface area contributed by atoms with Crippen molar-refractivity contribution in [3.8, 4) is 0 Å². The van der Waals surface area contributed by atoms with Gasteiger partial charge in [0.1, 0.15) is 10.7 Å². The van der Waals surface area contributed by atoms with Crippen LogP contribution in [0.4, 0.5) is 4.39 Å². The number of halogens is 2. The van der Waals surface area contributed by atoms with Gasteiger partial charge >= 0.3 is 0 Å². The molecule has 19 heavy (non-hydrogen) atoms. The van der Waals surface area contributed by atoms with Gasteiger partial charge in [0.05, 0.1) is 6.10 Å². The average molecular weight is 352 g/mol. The summed E-state index contributed by atoms with van der Waals surface area (Å²) >= 11 is 3.10. The van der Waals surface area contributed by atoms with Gasteiger partial charge in [0, 0.05) is 17.6 Å². The molecule has 1 aromatic rings. The molecule has 2 atom stereocenters. The topological polar surface area (TPSA) is 55.4 Å². The Hall–Kier alpha value is -0.500. The van der Waals surface area contributed by atoms with Crippen molar-refractivity contribution in [2.24, 2.45) is 0 Å². The minimum Gasteiger partial charge on any atom is -0.380 e. The number of benzene rings is 1.